The van der Waals surface area contributed by atoms with Gasteiger partial charge in [-0.15, -0.1) is 0 Å². The van der Waals surface area contributed by atoms with Crippen molar-refractivity contribution in [1.82, 2.24) is 0 Å². The van der Waals surface area contributed by atoms with Crippen LogP contribution in [-0.2, 0) is 6.18 Å². The summed E-state index contributed by atoms with van der Waals surface area (Å²) in [4.78, 5) is 12.4. The zero-order valence-electron chi connectivity index (χ0n) is 14.5. The van der Waals surface area contributed by atoms with Crippen LogP contribution < -0.4 is 16.1 Å². The summed E-state index contributed by atoms with van der Waals surface area (Å²) in [6.45, 7) is 2.19. The number of carbonyl (C=O) groups excluding carboxylic acids is 1. The van der Waals surface area contributed by atoms with Crippen molar-refractivity contribution in [2.75, 3.05) is 22.6 Å². The van der Waals surface area contributed by atoms with Crippen molar-refractivity contribution < 1.29 is 26.7 Å². The van der Waals surface area contributed by atoms with Crippen molar-refractivity contribution in [2.24, 2.45) is 11.0 Å². The third kappa shape index (κ3) is 3.90. The molecule has 0 aliphatic carbocycles. The molecule has 3 N–H and O–H groups in total. The molecule has 1 heterocycles. The number of hydrazone groups is 1. The second-order valence-electron chi connectivity index (χ2n) is 6.37. The quantitative estimate of drug-likeness (QED) is 0.600. The summed E-state index contributed by atoms with van der Waals surface area (Å²) in [5, 5.41) is 7.48. The van der Waals surface area contributed by atoms with Crippen molar-refractivity contribution in [1.29, 1.82) is 0 Å². The van der Waals surface area contributed by atoms with Gasteiger partial charge in [0.2, 0.25) is 0 Å². The van der Waals surface area contributed by atoms with Crippen LogP contribution >= 0.6 is 0 Å². The average molecular weight is 398 g/mol. The molecule has 1 aliphatic rings. The van der Waals surface area contributed by atoms with E-state index in [0.29, 0.717) is 12.6 Å². The first-order chi connectivity index (χ1) is 13.1. The number of benzene rings is 2. The SMILES string of the molecule is CC1C=NN(c2cc(C(=O)Nc3ccc(F)c(N)c3F)cc(C(F)(F)F)c2)C1. The zero-order chi connectivity index (χ0) is 20.6. The van der Waals surface area contributed by atoms with Gasteiger partial charge < -0.3 is 11.1 Å². The number of carbonyl (C=O) groups is 1. The Labute approximate surface area is 156 Å². The van der Waals surface area contributed by atoms with Crippen LogP contribution in [0.2, 0.25) is 0 Å². The molecular weight excluding hydrogens is 383 g/mol. The van der Waals surface area contributed by atoms with Gasteiger partial charge in [-0.3, -0.25) is 9.80 Å². The fraction of sp³-hybridized carbons (Fsp3) is 0.222. The normalized spacial score (nSPS) is 16.5. The highest BCUT2D eigenvalue weighted by Crippen LogP contribution is 2.34. The number of nitrogens with two attached hydrogens (primary N) is 1. The van der Waals surface area contributed by atoms with Gasteiger partial charge in [0.25, 0.3) is 5.91 Å². The monoisotopic (exact) mass is 398 g/mol. The van der Waals surface area contributed by atoms with Crippen molar-refractivity contribution in [2.45, 2.75) is 13.1 Å². The molecule has 1 unspecified atom stereocenters. The molecular formula is C18H15F5N4O. The van der Waals surface area contributed by atoms with Crippen LogP contribution in [0, 0.1) is 17.6 Å². The van der Waals surface area contributed by atoms with Crippen molar-refractivity contribution >= 4 is 29.2 Å². The number of nitrogens with zero attached hydrogens (tertiary/aromatic N) is 2. The maximum Gasteiger partial charge on any atom is 0.416 e. The predicted molar refractivity (Wildman–Crippen MR) is 95.2 cm³/mol. The van der Waals surface area contributed by atoms with Crippen molar-refractivity contribution in [3.8, 4) is 0 Å². The first-order valence-corrected chi connectivity index (χ1v) is 8.15. The van der Waals surface area contributed by atoms with Crippen LogP contribution in [0.3, 0.4) is 0 Å². The summed E-state index contributed by atoms with van der Waals surface area (Å²) >= 11 is 0. The molecule has 28 heavy (non-hydrogen) atoms. The molecule has 0 spiro atoms. The number of hydrogen-bond acceptors (Lipinski definition) is 4. The van der Waals surface area contributed by atoms with E-state index < -0.39 is 40.7 Å². The Morgan fingerprint density at radius 1 is 1.25 bits per heavy atom. The number of halogens is 5. The Bertz CT molecular complexity index is 958. The molecule has 2 aromatic carbocycles. The first-order valence-electron chi connectivity index (χ1n) is 8.15. The largest absolute Gasteiger partial charge is 0.416 e. The third-order valence-corrected chi connectivity index (χ3v) is 4.10. The van der Waals surface area contributed by atoms with E-state index in [4.69, 9.17) is 5.73 Å². The van der Waals surface area contributed by atoms with E-state index in [9.17, 15) is 26.7 Å². The third-order valence-electron chi connectivity index (χ3n) is 4.10. The van der Waals surface area contributed by atoms with Gasteiger partial charge in [-0.2, -0.15) is 18.3 Å². The summed E-state index contributed by atoms with van der Waals surface area (Å²) in [5.41, 5.74) is 2.63. The highest BCUT2D eigenvalue weighted by atomic mass is 19.4. The Morgan fingerprint density at radius 3 is 2.57 bits per heavy atom. The molecule has 3 rings (SSSR count). The number of amides is 1. The van der Waals surface area contributed by atoms with Crippen LogP contribution in [0.15, 0.2) is 35.4 Å². The van der Waals surface area contributed by atoms with Gasteiger partial charge in [0.1, 0.15) is 11.5 Å². The highest BCUT2D eigenvalue weighted by molar-refractivity contribution is 6.05. The number of hydrogen-bond donors (Lipinski definition) is 2. The van der Waals surface area contributed by atoms with Gasteiger partial charge in [0, 0.05) is 24.2 Å². The minimum Gasteiger partial charge on any atom is -0.394 e. The van der Waals surface area contributed by atoms with Crippen LogP contribution in [-0.4, -0.2) is 18.7 Å². The van der Waals surface area contributed by atoms with Crippen LogP contribution in [0.5, 0.6) is 0 Å². The summed E-state index contributed by atoms with van der Waals surface area (Å²) < 4.78 is 67.0. The fourth-order valence-electron chi connectivity index (χ4n) is 2.65. The Morgan fingerprint density at radius 2 is 1.96 bits per heavy atom. The first kappa shape index (κ1) is 19.6. The molecule has 0 radical (unpaired) electrons. The van der Waals surface area contributed by atoms with E-state index in [-0.39, 0.29) is 17.2 Å². The smallest absolute Gasteiger partial charge is 0.394 e. The summed E-state index contributed by atoms with van der Waals surface area (Å²) in [5.74, 6) is -3.20. The lowest BCUT2D eigenvalue weighted by molar-refractivity contribution is -0.137. The Kier molecular flexibility index (Phi) is 4.97. The number of nitrogen functional groups attached to an aromatic ring is 1. The van der Waals surface area contributed by atoms with E-state index >= 15 is 0 Å². The van der Waals surface area contributed by atoms with E-state index in [2.05, 4.69) is 10.4 Å². The van der Waals surface area contributed by atoms with Gasteiger partial charge in [0.15, 0.2) is 5.82 Å². The minimum atomic E-state index is -4.70. The lowest BCUT2D eigenvalue weighted by atomic mass is 10.1. The molecule has 1 amide bonds. The number of nitrogens with one attached hydrogen (secondary N) is 1. The standard InChI is InChI=1S/C18H15F5N4O/c1-9-7-25-27(8-9)12-5-10(4-11(6-12)18(21,22)23)17(28)26-14-3-2-13(19)16(24)15(14)20/h2-7,9H,8,24H2,1H3,(H,26,28). The maximum atomic E-state index is 14.0. The van der Waals surface area contributed by atoms with Crippen molar-refractivity contribution in [3.05, 3.63) is 53.1 Å². The lowest BCUT2D eigenvalue weighted by Gasteiger charge is -2.18. The van der Waals surface area contributed by atoms with Gasteiger partial charge in [0.05, 0.1) is 16.9 Å². The van der Waals surface area contributed by atoms with Gasteiger partial charge in [-0.1, -0.05) is 6.92 Å². The molecule has 10 heteroatoms. The van der Waals surface area contributed by atoms with Gasteiger partial charge in [-0.05, 0) is 30.3 Å². The average Bonchev–Trinajstić information content (AvgIpc) is 3.07. The second-order valence-corrected chi connectivity index (χ2v) is 6.37. The number of rotatable bonds is 3. The van der Waals surface area contributed by atoms with E-state index in [1.165, 1.54) is 11.1 Å². The Balaban J connectivity index is 1.97. The van der Waals surface area contributed by atoms with E-state index in [1.54, 1.807) is 6.21 Å². The van der Waals surface area contributed by atoms with E-state index in [0.717, 1.165) is 18.2 Å². The van der Waals surface area contributed by atoms with Crippen molar-refractivity contribution in [3.63, 3.8) is 0 Å². The molecule has 0 fully saturated rings. The number of anilines is 3. The molecule has 1 atom stereocenters. The van der Waals surface area contributed by atoms with Crippen LogP contribution in [0.25, 0.3) is 0 Å². The molecule has 0 aromatic heterocycles. The summed E-state index contributed by atoms with van der Waals surface area (Å²) in [6.07, 6.45) is -3.12. The molecule has 148 valence electrons. The highest BCUT2D eigenvalue weighted by Gasteiger charge is 2.33. The predicted octanol–water partition coefficient (Wildman–Crippen LogP) is 4.26. The molecule has 1 aliphatic heterocycles. The molecule has 5 nitrogen and oxygen atoms in total. The van der Waals surface area contributed by atoms with Gasteiger partial charge >= 0.3 is 6.18 Å². The fourth-order valence-corrected chi connectivity index (χ4v) is 2.65. The minimum absolute atomic E-state index is 0.0307. The number of alkyl halides is 3. The summed E-state index contributed by atoms with van der Waals surface area (Å²) in [6, 6.07) is 4.51. The lowest BCUT2D eigenvalue weighted by Crippen LogP contribution is -2.20. The maximum absolute atomic E-state index is 14.0. The molecule has 0 saturated heterocycles. The van der Waals surface area contributed by atoms with E-state index in [1.807, 2.05) is 6.92 Å². The Hall–Kier alpha value is -3.17. The second kappa shape index (κ2) is 7.10. The van der Waals surface area contributed by atoms with Gasteiger partial charge in [-0.25, -0.2) is 8.78 Å². The molecule has 0 saturated carbocycles. The molecule has 0 bridgehead atoms. The van der Waals surface area contributed by atoms with Crippen LogP contribution in [0.1, 0.15) is 22.8 Å². The zero-order valence-corrected chi connectivity index (χ0v) is 14.5. The summed E-state index contributed by atoms with van der Waals surface area (Å²) in [7, 11) is 0. The topological polar surface area (TPSA) is 70.7 Å². The van der Waals surface area contributed by atoms with Crippen LogP contribution in [0.4, 0.5) is 39.0 Å². The molecule has 2 aromatic rings.